The monoisotopic (exact) mass is 266 g/mol. The first-order chi connectivity index (χ1) is 7.67. The maximum absolute atomic E-state index is 11.7. The summed E-state index contributed by atoms with van der Waals surface area (Å²) in [4.78, 5) is 23.2. The van der Waals surface area contributed by atoms with Gasteiger partial charge in [-0.2, -0.15) is 0 Å². The third kappa shape index (κ3) is 6.90. The Labute approximate surface area is 101 Å². The molecular weight excluding hydrogens is 248 g/mol. The summed E-state index contributed by atoms with van der Waals surface area (Å²) in [5, 5.41) is 8.57. The van der Waals surface area contributed by atoms with E-state index in [0.29, 0.717) is 0 Å². The van der Waals surface area contributed by atoms with Crippen molar-refractivity contribution in [3.05, 3.63) is 0 Å². The number of amides is 1. The molecule has 0 aliphatic rings. The SMILES string of the molecule is CCN(CC(=O)O)C(=O)C(N)CCS(C)(=O)=O. The highest BCUT2D eigenvalue weighted by atomic mass is 32.2. The summed E-state index contributed by atoms with van der Waals surface area (Å²) in [6.07, 6.45) is 1.05. The minimum atomic E-state index is -3.18. The summed E-state index contributed by atoms with van der Waals surface area (Å²) in [5.41, 5.74) is 5.53. The number of rotatable bonds is 7. The fourth-order valence-electron chi connectivity index (χ4n) is 1.21. The van der Waals surface area contributed by atoms with Gasteiger partial charge in [0.25, 0.3) is 0 Å². The van der Waals surface area contributed by atoms with E-state index in [9.17, 15) is 18.0 Å². The zero-order valence-corrected chi connectivity index (χ0v) is 10.7. The molecule has 0 bridgehead atoms. The van der Waals surface area contributed by atoms with E-state index in [0.717, 1.165) is 11.2 Å². The average molecular weight is 266 g/mol. The fourth-order valence-corrected chi connectivity index (χ4v) is 1.89. The van der Waals surface area contributed by atoms with E-state index < -0.39 is 34.3 Å². The van der Waals surface area contributed by atoms with Gasteiger partial charge < -0.3 is 15.7 Å². The first-order valence-corrected chi connectivity index (χ1v) is 7.17. The predicted molar refractivity (Wildman–Crippen MR) is 62.2 cm³/mol. The number of carbonyl (C=O) groups excluding carboxylic acids is 1. The number of nitrogens with two attached hydrogens (primary N) is 1. The molecule has 1 unspecified atom stereocenters. The molecule has 0 aromatic rings. The van der Waals surface area contributed by atoms with Crippen molar-refractivity contribution in [1.82, 2.24) is 4.90 Å². The molecule has 0 fully saturated rings. The smallest absolute Gasteiger partial charge is 0.323 e. The van der Waals surface area contributed by atoms with Crippen LogP contribution in [-0.4, -0.2) is 61.4 Å². The molecule has 0 radical (unpaired) electrons. The maximum atomic E-state index is 11.7. The Bertz CT molecular complexity index is 379. The second kappa shape index (κ2) is 6.55. The lowest BCUT2D eigenvalue weighted by Crippen LogP contribution is -2.46. The van der Waals surface area contributed by atoms with Gasteiger partial charge in [0.05, 0.1) is 11.8 Å². The normalized spacial score (nSPS) is 13.1. The number of carbonyl (C=O) groups is 2. The molecule has 1 amide bonds. The first kappa shape index (κ1) is 15.9. The highest BCUT2D eigenvalue weighted by Crippen LogP contribution is 2.00. The van der Waals surface area contributed by atoms with Gasteiger partial charge in [-0.15, -0.1) is 0 Å². The minimum absolute atomic E-state index is 0.00616. The van der Waals surface area contributed by atoms with Crippen LogP contribution < -0.4 is 5.73 Å². The van der Waals surface area contributed by atoms with E-state index >= 15 is 0 Å². The van der Waals surface area contributed by atoms with Crippen LogP contribution in [0.3, 0.4) is 0 Å². The molecule has 1 atom stereocenters. The predicted octanol–water partition coefficient (Wildman–Crippen LogP) is -1.32. The third-order valence-corrected chi connectivity index (χ3v) is 3.11. The molecule has 100 valence electrons. The summed E-state index contributed by atoms with van der Waals surface area (Å²) in [6.45, 7) is 1.42. The minimum Gasteiger partial charge on any atom is -0.480 e. The van der Waals surface area contributed by atoms with Gasteiger partial charge in [0.1, 0.15) is 16.4 Å². The summed E-state index contributed by atoms with van der Waals surface area (Å²) < 4.78 is 21.8. The number of carboxylic acids is 1. The molecule has 3 N–H and O–H groups in total. The lowest BCUT2D eigenvalue weighted by Gasteiger charge is -2.22. The van der Waals surface area contributed by atoms with Crippen LogP contribution in [0.25, 0.3) is 0 Å². The van der Waals surface area contributed by atoms with Crippen LogP contribution in [0, 0.1) is 0 Å². The number of carboxylic acid groups (broad SMARTS) is 1. The molecule has 0 heterocycles. The van der Waals surface area contributed by atoms with Crippen LogP contribution in [0.4, 0.5) is 0 Å². The maximum Gasteiger partial charge on any atom is 0.323 e. The topological polar surface area (TPSA) is 118 Å². The quantitative estimate of drug-likeness (QED) is 0.590. The molecule has 0 aromatic heterocycles. The molecule has 0 saturated carbocycles. The van der Waals surface area contributed by atoms with Crippen LogP contribution in [0.15, 0.2) is 0 Å². The van der Waals surface area contributed by atoms with Crippen LogP contribution in [0.2, 0.25) is 0 Å². The van der Waals surface area contributed by atoms with E-state index in [-0.39, 0.29) is 18.7 Å². The Hall–Kier alpha value is -1.15. The molecule has 0 aliphatic carbocycles. The van der Waals surface area contributed by atoms with E-state index in [1.54, 1.807) is 6.92 Å². The molecule has 0 saturated heterocycles. The largest absolute Gasteiger partial charge is 0.480 e. The van der Waals surface area contributed by atoms with E-state index in [4.69, 9.17) is 10.8 Å². The fraction of sp³-hybridized carbons (Fsp3) is 0.778. The molecule has 0 aliphatic heterocycles. The number of sulfone groups is 1. The van der Waals surface area contributed by atoms with Gasteiger partial charge >= 0.3 is 5.97 Å². The van der Waals surface area contributed by atoms with Crippen molar-refractivity contribution in [2.45, 2.75) is 19.4 Å². The zero-order chi connectivity index (χ0) is 13.6. The Morgan fingerprint density at radius 2 is 1.94 bits per heavy atom. The molecule has 17 heavy (non-hydrogen) atoms. The summed E-state index contributed by atoms with van der Waals surface area (Å²) >= 11 is 0. The van der Waals surface area contributed by atoms with Crippen molar-refractivity contribution in [2.24, 2.45) is 5.73 Å². The van der Waals surface area contributed by atoms with Crippen LogP contribution in [0.5, 0.6) is 0 Å². The molecule has 0 aromatic carbocycles. The van der Waals surface area contributed by atoms with Gasteiger partial charge in [-0.1, -0.05) is 0 Å². The van der Waals surface area contributed by atoms with E-state index in [2.05, 4.69) is 0 Å². The number of aliphatic carboxylic acids is 1. The van der Waals surface area contributed by atoms with E-state index in [1.807, 2.05) is 0 Å². The van der Waals surface area contributed by atoms with Gasteiger partial charge in [-0.3, -0.25) is 9.59 Å². The summed E-state index contributed by atoms with van der Waals surface area (Å²) in [7, 11) is -3.18. The number of nitrogens with zero attached hydrogens (tertiary/aromatic N) is 1. The zero-order valence-electron chi connectivity index (χ0n) is 9.92. The lowest BCUT2D eigenvalue weighted by atomic mass is 10.2. The number of hydrogen-bond acceptors (Lipinski definition) is 5. The van der Waals surface area contributed by atoms with Crippen molar-refractivity contribution in [3.8, 4) is 0 Å². The molecular formula is C9H18N2O5S. The Balaban J connectivity index is 4.41. The molecule has 0 rings (SSSR count). The molecule has 8 heteroatoms. The van der Waals surface area contributed by atoms with Crippen LogP contribution >= 0.6 is 0 Å². The highest BCUT2D eigenvalue weighted by Gasteiger charge is 2.22. The number of hydrogen-bond donors (Lipinski definition) is 2. The second-order valence-corrected chi connectivity index (χ2v) is 6.03. The second-order valence-electron chi connectivity index (χ2n) is 3.77. The first-order valence-electron chi connectivity index (χ1n) is 5.11. The standard InChI is InChI=1S/C9H18N2O5S/c1-3-11(6-8(12)13)9(14)7(10)4-5-17(2,15)16/h7H,3-6,10H2,1-2H3,(H,12,13). The molecule has 7 nitrogen and oxygen atoms in total. The summed E-state index contributed by atoms with van der Waals surface area (Å²) in [6, 6.07) is -0.982. The van der Waals surface area contributed by atoms with Crippen molar-refractivity contribution < 1.29 is 23.1 Å². The van der Waals surface area contributed by atoms with Crippen molar-refractivity contribution >= 4 is 21.7 Å². The third-order valence-electron chi connectivity index (χ3n) is 2.14. The highest BCUT2D eigenvalue weighted by molar-refractivity contribution is 7.90. The Morgan fingerprint density at radius 3 is 2.29 bits per heavy atom. The van der Waals surface area contributed by atoms with Crippen molar-refractivity contribution in [2.75, 3.05) is 25.1 Å². The van der Waals surface area contributed by atoms with Gasteiger partial charge in [-0.05, 0) is 13.3 Å². The van der Waals surface area contributed by atoms with Crippen LogP contribution in [0.1, 0.15) is 13.3 Å². The summed E-state index contributed by atoms with van der Waals surface area (Å²) in [5.74, 6) is -1.86. The van der Waals surface area contributed by atoms with Gasteiger partial charge in [0.15, 0.2) is 0 Å². The Morgan fingerprint density at radius 1 is 1.41 bits per heavy atom. The van der Waals surface area contributed by atoms with Crippen molar-refractivity contribution in [1.29, 1.82) is 0 Å². The number of likely N-dealkylation sites (N-methyl/N-ethyl adjacent to an activating group) is 1. The van der Waals surface area contributed by atoms with E-state index in [1.165, 1.54) is 0 Å². The molecule has 0 spiro atoms. The lowest BCUT2D eigenvalue weighted by molar-refractivity contribution is -0.144. The van der Waals surface area contributed by atoms with Gasteiger partial charge in [-0.25, -0.2) is 8.42 Å². The van der Waals surface area contributed by atoms with Crippen LogP contribution in [-0.2, 0) is 19.4 Å². The van der Waals surface area contributed by atoms with Gasteiger partial charge in [0.2, 0.25) is 5.91 Å². The van der Waals surface area contributed by atoms with Gasteiger partial charge in [0, 0.05) is 12.8 Å². The Kier molecular flexibility index (Phi) is 6.11. The van der Waals surface area contributed by atoms with Crippen molar-refractivity contribution in [3.63, 3.8) is 0 Å². The average Bonchev–Trinajstić information content (AvgIpc) is 2.20.